The van der Waals surface area contributed by atoms with Gasteiger partial charge in [-0.3, -0.25) is 9.59 Å². The van der Waals surface area contributed by atoms with Crippen LogP contribution >= 0.6 is 0 Å². The van der Waals surface area contributed by atoms with Crippen molar-refractivity contribution in [3.8, 4) is 0 Å². The van der Waals surface area contributed by atoms with Crippen LogP contribution in [0, 0.1) is 6.92 Å². The highest BCUT2D eigenvalue weighted by atomic mass is 16.2. The zero-order valence-corrected chi connectivity index (χ0v) is 14.7. The summed E-state index contributed by atoms with van der Waals surface area (Å²) in [5.41, 5.74) is 3.27. The quantitative estimate of drug-likeness (QED) is 0.816. The van der Waals surface area contributed by atoms with Crippen molar-refractivity contribution in [2.45, 2.75) is 33.7 Å². The van der Waals surface area contributed by atoms with Gasteiger partial charge in [-0.25, -0.2) is 0 Å². The number of hydrogen-bond acceptors (Lipinski definition) is 3. The summed E-state index contributed by atoms with van der Waals surface area (Å²) in [6.07, 6.45) is 0. The van der Waals surface area contributed by atoms with Gasteiger partial charge in [-0.2, -0.15) is 0 Å². The van der Waals surface area contributed by atoms with E-state index in [2.05, 4.69) is 19.2 Å². The summed E-state index contributed by atoms with van der Waals surface area (Å²) in [4.78, 5) is 26.2. The molecule has 1 N–H and O–H groups in total. The minimum Gasteiger partial charge on any atom is -0.360 e. The predicted octanol–water partition coefficient (Wildman–Crippen LogP) is 4.05. The molecule has 0 radical (unpaired) electrons. The third kappa shape index (κ3) is 4.44. The number of anilines is 2. The van der Waals surface area contributed by atoms with Crippen LogP contribution in [0.3, 0.4) is 0 Å². The second-order valence-corrected chi connectivity index (χ2v) is 6.21. The standard InChI is InChI=1S/C20H24N2O2/c1-14(2)22(17-11-9-15(3)10-12-17)13-20(24)21-19-8-6-5-7-18(19)16(4)23/h5-12,14H,13H2,1-4H3,(H,21,24). The van der Waals surface area contributed by atoms with Crippen LogP contribution in [-0.2, 0) is 4.79 Å². The lowest BCUT2D eigenvalue weighted by atomic mass is 10.1. The highest BCUT2D eigenvalue weighted by molar-refractivity contribution is 6.04. The summed E-state index contributed by atoms with van der Waals surface area (Å²) in [6.45, 7) is 7.87. The predicted molar refractivity (Wildman–Crippen MR) is 98.7 cm³/mol. The highest BCUT2D eigenvalue weighted by Crippen LogP contribution is 2.19. The number of nitrogens with zero attached hydrogens (tertiary/aromatic N) is 1. The molecule has 0 aliphatic carbocycles. The van der Waals surface area contributed by atoms with Crippen LogP contribution in [0.4, 0.5) is 11.4 Å². The molecule has 0 aliphatic heterocycles. The number of aryl methyl sites for hydroxylation is 1. The van der Waals surface area contributed by atoms with Crippen molar-refractivity contribution in [3.05, 3.63) is 59.7 Å². The molecule has 2 aromatic rings. The summed E-state index contributed by atoms with van der Waals surface area (Å²) in [5, 5.41) is 2.86. The maximum atomic E-state index is 12.5. The van der Waals surface area contributed by atoms with E-state index < -0.39 is 0 Å². The lowest BCUT2D eigenvalue weighted by Crippen LogP contribution is -2.38. The van der Waals surface area contributed by atoms with Crippen LogP contribution in [0.5, 0.6) is 0 Å². The number of amides is 1. The Morgan fingerprint density at radius 3 is 2.25 bits per heavy atom. The minimum absolute atomic E-state index is 0.0647. The molecule has 0 aliphatic rings. The average molecular weight is 324 g/mol. The first-order valence-corrected chi connectivity index (χ1v) is 8.11. The summed E-state index contributed by atoms with van der Waals surface area (Å²) in [5.74, 6) is -0.205. The summed E-state index contributed by atoms with van der Waals surface area (Å²) >= 11 is 0. The topological polar surface area (TPSA) is 49.4 Å². The van der Waals surface area contributed by atoms with Gasteiger partial charge in [0.05, 0.1) is 12.2 Å². The van der Waals surface area contributed by atoms with Crippen molar-refractivity contribution < 1.29 is 9.59 Å². The van der Waals surface area contributed by atoms with Gasteiger partial charge in [0.2, 0.25) is 5.91 Å². The second kappa shape index (κ2) is 7.77. The molecule has 0 spiro atoms. The van der Waals surface area contributed by atoms with E-state index in [0.29, 0.717) is 11.3 Å². The van der Waals surface area contributed by atoms with E-state index in [1.807, 2.05) is 42.2 Å². The van der Waals surface area contributed by atoms with Gasteiger partial charge in [0.25, 0.3) is 0 Å². The molecular formula is C20H24N2O2. The third-order valence-electron chi connectivity index (χ3n) is 3.88. The van der Waals surface area contributed by atoms with E-state index in [-0.39, 0.29) is 24.3 Å². The van der Waals surface area contributed by atoms with Gasteiger partial charge in [0.15, 0.2) is 5.78 Å². The largest absolute Gasteiger partial charge is 0.360 e. The average Bonchev–Trinajstić information content (AvgIpc) is 2.53. The highest BCUT2D eigenvalue weighted by Gasteiger charge is 2.16. The fourth-order valence-electron chi connectivity index (χ4n) is 2.55. The van der Waals surface area contributed by atoms with Gasteiger partial charge < -0.3 is 10.2 Å². The van der Waals surface area contributed by atoms with Crippen molar-refractivity contribution in [3.63, 3.8) is 0 Å². The number of Topliss-reactive ketones (excluding diaryl/α,β-unsaturated/α-hetero) is 1. The zero-order chi connectivity index (χ0) is 17.7. The van der Waals surface area contributed by atoms with Crippen LogP contribution in [0.1, 0.15) is 36.7 Å². The minimum atomic E-state index is -0.141. The molecule has 0 heterocycles. The molecular weight excluding hydrogens is 300 g/mol. The summed E-state index contributed by atoms with van der Waals surface area (Å²) in [6, 6.07) is 15.4. The molecule has 4 heteroatoms. The van der Waals surface area contributed by atoms with Crippen LogP contribution in [-0.4, -0.2) is 24.3 Å². The molecule has 0 fully saturated rings. The van der Waals surface area contributed by atoms with E-state index in [0.717, 1.165) is 5.69 Å². The van der Waals surface area contributed by atoms with Crippen LogP contribution < -0.4 is 10.2 Å². The van der Waals surface area contributed by atoms with Gasteiger partial charge in [-0.15, -0.1) is 0 Å². The number of ketones is 1. The van der Waals surface area contributed by atoms with E-state index in [4.69, 9.17) is 0 Å². The fourth-order valence-corrected chi connectivity index (χ4v) is 2.55. The van der Waals surface area contributed by atoms with Gasteiger partial charge in [0.1, 0.15) is 0 Å². The normalized spacial score (nSPS) is 10.5. The summed E-state index contributed by atoms with van der Waals surface area (Å²) in [7, 11) is 0. The zero-order valence-electron chi connectivity index (χ0n) is 14.7. The van der Waals surface area contributed by atoms with Crippen molar-refractivity contribution in [1.82, 2.24) is 0 Å². The van der Waals surface area contributed by atoms with Gasteiger partial charge in [-0.1, -0.05) is 29.8 Å². The molecule has 2 rings (SSSR count). The van der Waals surface area contributed by atoms with Crippen molar-refractivity contribution in [2.75, 3.05) is 16.8 Å². The van der Waals surface area contributed by atoms with Crippen LogP contribution in [0.25, 0.3) is 0 Å². The van der Waals surface area contributed by atoms with Gasteiger partial charge >= 0.3 is 0 Å². The molecule has 24 heavy (non-hydrogen) atoms. The van der Waals surface area contributed by atoms with Gasteiger partial charge in [-0.05, 0) is 52.0 Å². The van der Waals surface area contributed by atoms with Crippen molar-refractivity contribution in [2.24, 2.45) is 0 Å². The Balaban J connectivity index is 2.14. The molecule has 1 amide bonds. The number of carbonyl (C=O) groups is 2. The maximum Gasteiger partial charge on any atom is 0.243 e. The molecule has 4 nitrogen and oxygen atoms in total. The molecule has 126 valence electrons. The van der Waals surface area contributed by atoms with E-state index in [1.54, 1.807) is 18.2 Å². The number of nitrogens with one attached hydrogen (secondary N) is 1. The first-order chi connectivity index (χ1) is 11.4. The number of rotatable bonds is 6. The number of carbonyl (C=O) groups excluding carboxylic acids is 2. The molecule has 0 atom stereocenters. The Morgan fingerprint density at radius 2 is 1.67 bits per heavy atom. The first kappa shape index (κ1) is 17.7. The molecule has 0 saturated carbocycles. The number of para-hydroxylation sites is 1. The number of hydrogen-bond donors (Lipinski definition) is 1. The van der Waals surface area contributed by atoms with E-state index in [1.165, 1.54) is 12.5 Å². The van der Waals surface area contributed by atoms with Crippen molar-refractivity contribution in [1.29, 1.82) is 0 Å². The number of benzene rings is 2. The third-order valence-corrected chi connectivity index (χ3v) is 3.88. The Bertz CT molecular complexity index is 721. The molecule has 0 saturated heterocycles. The Hall–Kier alpha value is -2.62. The van der Waals surface area contributed by atoms with Crippen molar-refractivity contribution >= 4 is 23.1 Å². The Morgan fingerprint density at radius 1 is 1.04 bits per heavy atom. The van der Waals surface area contributed by atoms with E-state index in [9.17, 15) is 9.59 Å². The molecule has 0 unspecified atom stereocenters. The maximum absolute atomic E-state index is 12.5. The Labute approximate surface area is 143 Å². The first-order valence-electron chi connectivity index (χ1n) is 8.11. The SMILES string of the molecule is CC(=O)c1ccccc1NC(=O)CN(c1ccc(C)cc1)C(C)C. The molecule has 0 aromatic heterocycles. The molecule has 2 aromatic carbocycles. The van der Waals surface area contributed by atoms with Gasteiger partial charge in [0, 0.05) is 17.3 Å². The Kier molecular flexibility index (Phi) is 5.74. The lowest BCUT2D eigenvalue weighted by Gasteiger charge is -2.28. The molecule has 0 bridgehead atoms. The lowest BCUT2D eigenvalue weighted by molar-refractivity contribution is -0.115. The monoisotopic (exact) mass is 324 g/mol. The summed E-state index contributed by atoms with van der Waals surface area (Å²) < 4.78 is 0. The fraction of sp³-hybridized carbons (Fsp3) is 0.300. The second-order valence-electron chi connectivity index (χ2n) is 6.21. The van der Waals surface area contributed by atoms with Crippen LogP contribution in [0.15, 0.2) is 48.5 Å². The van der Waals surface area contributed by atoms with E-state index >= 15 is 0 Å². The smallest absolute Gasteiger partial charge is 0.243 e. The van der Waals surface area contributed by atoms with Crippen LogP contribution in [0.2, 0.25) is 0 Å².